The summed E-state index contributed by atoms with van der Waals surface area (Å²) in [6, 6.07) is 0. The van der Waals surface area contributed by atoms with Crippen molar-refractivity contribution >= 4 is 9.39 Å². The Kier molecular flexibility index (Phi) is 2.39. The van der Waals surface area contributed by atoms with Gasteiger partial charge in [0.2, 0.25) is 0 Å². The summed E-state index contributed by atoms with van der Waals surface area (Å²) < 4.78 is 7.47. The van der Waals surface area contributed by atoms with Crippen LogP contribution in [0.3, 0.4) is 0 Å². The topological polar surface area (TPSA) is 32.7 Å². The highest BCUT2D eigenvalue weighted by molar-refractivity contribution is 7.13. The van der Waals surface area contributed by atoms with E-state index in [1.165, 1.54) is 0 Å². The summed E-state index contributed by atoms with van der Waals surface area (Å²) in [7, 11) is 2.73. The lowest BCUT2D eigenvalue weighted by molar-refractivity contribution is -0.0598. The van der Waals surface area contributed by atoms with Gasteiger partial charge in [0.25, 0.3) is 0 Å². The van der Waals surface area contributed by atoms with Crippen LogP contribution in [0.15, 0.2) is 0 Å². The van der Waals surface area contributed by atoms with Crippen molar-refractivity contribution in [2.75, 3.05) is 19.7 Å². The summed E-state index contributed by atoms with van der Waals surface area (Å²) in [6.45, 7) is 2.98. The van der Waals surface area contributed by atoms with E-state index in [1.54, 1.807) is 0 Å². The Morgan fingerprint density at radius 2 is 2.08 bits per heavy atom. The summed E-state index contributed by atoms with van der Waals surface area (Å²) in [6.07, 6.45) is 2.66. The van der Waals surface area contributed by atoms with Crippen molar-refractivity contribution in [2.24, 2.45) is 5.41 Å². The maximum Gasteiger partial charge on any atom is 0.155 e. The lowest BCUT2D eigenvalue weighted by atomic mass is 9.78. The predicted molar refractivity (Wildman–Crippen MR) is 49.5 cm³/mol. The minimum Gasteiger partial charge on any atom is -0.368 e. The molecule has 12 heavy (non-hydrogen) atoms. The first-order chi connectivity index (χ1) is 5.70. The Morgan fingerprint density at radius 3 is 2.58 bits per heavy atom. The quantitative estimate of drug-likeness (QED) is 0.566. The average molecular weight is 189 g/mol. The van der Waals surface area contributed by atoms with E-state index in [9.17, 15) is 5.11 Å². The Bertz CT molecular complexity index is 168. The van der Waals surface area contributed by atoms with Gasteiger partial charge in [-0.1, -0.05) is 9.39 Å². The SMILES string of the molecule is OC1CC2(CCN(P)CC2)CO1. The smallest absolute Gasteiger partial charge is 0.155 e. The minimum absolute atomic E-state index is 0.298. The highest BCUT2D eigenvalue weighted by Crippen LogP contribution is 2.41. The third-order valence-electron chi connectivity index (χ3n) is 3.05. The lowest BCUT2D eigenvalue weighted by Gasteiger charge is -2.36. The summed E-state index contributed by atoms with van der Waals surface area (Å²) >= 11 is 0. The standard InChI is InChI=1S/C8H16NO2P/c10-7-5-8(6-11-7)1-3-9(12)4-2-8/h7,10H,1-6,12H2. The summed E-state index contributed by atoms with van der Waals surface area (Å²) in [5.74, 6) is 0. The van der Waals surface area contributed by atoms with Crippen molar-refractivity contribution in [1.29, 1.82) is 0 Å². The van der Waals surface area contributed by atoms with Gasteiger partial charge in [0.05, 0.1) is 6.61 Å². The maximum absolute atomic E-state index is 9.27. The Hall–Kier alpha value is 0.310. The van der Waals surface area contributed by atoms with E-state index in [2.05, 4.69) is 14.1 Å². The van der Waals surface area contributed by atoms with Crippen LogP contribution in [0.4, 0.5) is 0 Å². The molecule has 0 bridgehead atoms. The third kappa shape index (κ3) is 1.64. The molecular formula is C8H16NO2P. The predicted octanol–water partition coefficient (Wildman–Crippen LogP) is 0.597. The van der Waals surface area contributed by atoms with Crippen LogP contribution >= 0.6 is 9.39 Å². The monoisotopic (exact) mass is 189 g/mol. The molecule has 2 fully saturated rings. The number of hydrogen-bond donors (Lipinski definition) is 1. The van der Waals surface area contributed by atoms with E-state index in [0.29, 0.717) is 5.41 Å². The first-order valence-electron chi connectivity index (χ1n) is 4.50. The molecule has 0 aliphatic carbocycles. The molecule has 0 aromatic carbocycles. The van der Waals surface area contributed by atoms with Crippen LogP contribution in [0.1, 0.15) is 19.3 Å². The number of hydrogen-bond acceptors (Lipinski definition) is 3. The van der Waals surface area contributed by atoms with Gasteiger partial charge in [0.1, 0.15) is 0 Å². The molecule has 1 N–H and O–H groups in total. The second-order valence-corrected chi connectivity index (χ2v) is 4.74. The van der Waals surface area contributed by atoms with E-state index in [1.807, 2.05) is 0 Å². The molecule has 70 valence electrons. The number of rotatable bonds is 0. The zero-order chi connectivity index (χ0) is 8.60. The molecule has 0 aromatic rings. The molecule has 2 saturated heterocycles. The first kappa shape index (κ1) is 8.89. The molecule has 2 unspecified atom stereocenters. The molecule has 2 rings (SSSR count). The average Bonchev–Trinajstić information content (AvgIpc) is 2.40. The van der Waals surface area contributed by atoms with Crippen LogP contribution in [0, 0.1) is 5.41 Å². The van der Waals surface area contributed by atoms with Crippen molar-refractivity contribution in [3.05, 3.63) is 0 Å². The fourth-order valence-electron chi connectivity index (χ4n) is 2.11. The zero-order valence-electron chi connectivity index (χ0n) is 7.20. The second-order valence-electron chi connectivity index (χ2n) is 4.01. The number of aliphatic hydroxyl groups is 1. The number of ether oxygens (including phenoxy) is 1. The molecule has 0 amide bonds. The Morgan fingerprint density at radius 1 is 1.42 bits per heavy atom. The fourth-order valence-corrected chi connectivity index (χ4v) is 2.37. The maximum atomic E-state index is 9.27. The molecular weight excluding hydrogens is 173 g/mol. The van der Waals surface area contributed by atoms with E-state index in [4.69, 9.17) is 4.74 Å². The molecule has 2 atom stereocenters. The van der Waals surface area contributed by atoms with Crippen LogP contribution in [0.2, 0.25) is 0 Å². The third-order valence-corrected chi connectivity index (χ3v) is 3.56. The molecule has 4 heteroatoms. The van der Waals surface area contributed by atoms with Gasteiger partial charge in [-0.05, 0) is 12.8 Å². The van der Waals surface area contributed by atoms with Crippen LogP contribution in [0.25, 0.3) is 0 Å². The minimum atomic E-state index is -0.499. The van der Waals surface area contributed by atoms with Crippen molar-refractivity contribution in [3.63, 3.8) is 0 Å². The van der Waals surface area contributed by atoms with Gasteiger partial charge in [-0.3, -0.25) is 4.67 Å². The van der Waals surface area contributed by atoms with Crippen LogP contribution in [-0.4, -0.2) is 35.8 Å². The fraction of sp³-hybridized carbons (Fsp3) is 1.00. The molecule has 0 radical (unpaired) electrons. The van der Waals surface area contributed by atoms with Gasteiger partial charge in [0, 0.05) is 24.9 Å². The Labute approximate surface area is 75.3 Å². The first-order valence-corrected chi connectivity index (χ1v) is 5.01. The second kappa shape index (κ2) is 3.22. The number of aliphatic hydroxyl groups excluding tert-OH is 1. The van der Waals surface area contributed by atoms with Gasteiger partial charge in [-0.25, -0.2) is 0 Å². The van der Waals surface area contributed by atoms with Crippen molar-refractivity contribution < 1.29 is 9.84 Å². The van der Waals surface area contributed by atoms with Gasteiger partial charge >= 0.3 is 0 Å². The highest BCUT2D eigenvalue weighted by Gasteiger charge is 2.41. The van der Waals surface area contributed by atoms with Crippen LogP contribution < -0.4 is 0 Å². The summed E-state index contributed by atoms with van der Waals surface area (Å²) in [5.41, 5.74) is 0.298. The molecule has 3 nitrogen and oxygen atoms in total. The van der Waals surface area contributed by atoms with E-state index in [0.717, 1.165) is 39.0 Å². The molecule has 2 aliphatic heterocycles. The summed E-state index contributed by atoms with van der Waals surface area (Å²) in [5, 5.41) is 9.27. The molecule has 0 saturated carbocycles. The van der Waals surface area contributed by atoms with Gasteiger partial charge in [0.15, 0.2) is 6.29 Å². The highest BCUT2D eigenvalue weighted by atomic mass is 31.0. The van der Waals surface area contributed by atoms with Gasteiger partial charge in [-0.2, -0.15) is 0 Å². The molecule has 0 aromatic heterocycles. The summed E-state index contributed by atoms with van der Waals surface area (Å²) in [4.78, 5) is 0. The molecule has 2 heterocycles. The van der Waals surface area contributed by atoms with E-state index in [-0.39, 0.29) is 0 Å². The Balaban J connectivity index is 1.95. The van der Waals surface area contributed by atoms with Gasteiger partial charge < -0.3 is 9.84 Å². The van der Waals surface area contributed by atoms with Crippen molar-refractivity contribution in [3.8, 4) is 0 Å². The van der Waals surface area contributed by atoms with E-state index < -0.39 is 6.29 Å². The van der Waals surface area contributed by atoms with Crippen molar-refractivity contribution in [2.45, 2.75) is 25.6 Å². The number of piperidine rings is 1. The molecule has 2 aliphatic rings. The van der Waals surface area contributed by atoms with Crippen molar-refractivity contribution in [1.82, 2.24) is 4.67 Å². The zero-order valence-corrected chi connectivity index (χ0v) is 8.35. The number of nitrogens with zero attached hydrogens (tertiary/aromatic N) is 1. The van der Waals surface area contributed by atoms with Crippen LogP contribution in [0.5, 0.6) is 0 Å². The molecule has 1 spiro atoms. The normalized spacial score (nSPS) is 36.0. The van der Waals surface area contributed by atoms with Crippen LogP contribution in [-0.2, 0) is 4.74 Å². The lowest BCUT2D eigenvalue weighted by Crippen LogP contribution is -2.35. The van der Waals surface area contributed by atoms with E-state index >= 15 is 0 Å². The van der Waals surface area contributed by atoms with Gasteiger partial charge in [-0.15, -0.1) is 0 Å². The largest absolute Gasteiger partial charge is 0.368 e.